The monoisotopic (exact) mass is 338 g/mol. The maximum absolute atomic E-state index is 5.73. The summed E-state index contributed by atoms with van der Waals surface area (Å²) < 4.78 is 8.16. The highest BCUT2D eigenvalue weighted by Crippen LogP contribution is 2.29. The Bertz CT molecular complexity index is 597. The zero-order chi connectivity index (χ0) is 14.7. The number of rotatable bonds is 5. The second kappa shape index (κ2) is 6.39. The molecule has 0 spiro atoms. The molecule has 108 valence electrons. The summed E-state index contributed by atoms with van der Waals surface area (Å²) in [6.45, 7) is 1.98. The van der Waals surface area contributed by atoms with Gasteiger partial charge in [-0.1, -0.05) is 15.9 Å². The number of nitrogens with zero attached hydrogens (tertiary/aromatic N) is 2. The molecule has 2 rings (SSSR count). The predicted octanol–water partition coefficient (Wildman–Crippen LogP) is 2.25. The number of nitrogens with one attached hydrogen (secondary N) is 1. The lowest BCUT2D eigenvalue weighted by molar-refractivity contribution is 0.412. The van der Waals surface area contributed by atoms with Crippen molar-refractivity contribution >= 4 is 15.9 Å². The maximum Gasteiger partial charge on any atom is 0.119 e. The van der Waals surface area contributed by atoms with Crippen LogP contribution in [0.4, 0.5) is 0 Å². The summed E-state index contributed by atoms with van der Waals surface area (Å²) in [5.41, 5.74) is 6.06. The molecule has 1 heterocycles. The van der Waals surface area contributed by atoms with Crippen LogP contribution in [0.1, 0.15) is 23.0 Å². The van der Waals surface area contributed by atoms with Crippen LogP contribution in [0.2, 0.25) is 0 Å². The van der Waals surface area contributed by atoms with E-state index in [1.807, 2.05) is 36.9 Å². The van der Waals surface area contributed by atoms with Crippen molar-refractivity contribution < 1.29 is 4.74 Å². The number of hydrogen-bond acceptors (Lipinski definition) is 4. The highest BCUT2D eigenvalue weighted by molar-refractivity contribution is 9.10. The van der Waals surface area contributed by atoms with E-state index in [1.54, 1.807) is 7.11 Å². The van der Waals surface area contributed by atoms with Crippen LogP contribution in [-0.4, -0.2) is 16.9 Å². The molecule has 1 atom stereocenters. The Balaban J connectivity index is 2.30. The topological polar surface area (TPSA) is 65.1 Å². The third kappa shape index (κ3) is 3.20. The van der Waals surface area contributed by atoms with Crippen molar-refractivity contribution in [2.75, 3.05) is 7.11 Å². The Kier molecular flexibility index (Phi) is 4.80. The van der Waals surface area contributed by atoms with Gasteiger partial charge in [-0.2, -0.15) is 5.10 Å². The van der Waals surface area contributed by atoms with Gasteiger partial charge in [0.15, 0.2) is 0 Å². The van der Waals surface area contributed by atoms with Crippen LogP contribution in [-0.2, 0) is 13.5 Å². The molecule has 6 heteroatoms. The molecule has 2 aromatic rings. The summed E-state index contributed by atoms with van der Waals surface area (Å²) in [5, 5.41) is 4.36. The highest BCUT2D eigenvalue weighted by atomic mass is 79.9. The Morgan fingerprint density at radius 1 is 1.45 bits per heavy atom. The summed E-state index contributed by atoms with van der Waals surface area (Å²) in [4.78, 5) is 0. The first-order valence-corrected chi connectivity index (χ1v) is 7.13. The SMILES string of the molecule is COc1ccc(Br)c(C(Cc2cc(C)nn2C)NN)c1. The zero-order valence-corrected chi connectivity index (χ0v) is 13.4. The fourth-order valence-corrected chi connectivity index (χ4v) is 2.76. The van der Waals surface area contributed by atoms with E-state index in [1.165, 1.54) is 0 Å². The van der Waals surface area contributed by atoms with E-state index in [0.29, 0.717) is 0 Å². The summed E-state index contributed by atoms with van der Waals surface area (Å²) in [6.07, 6.45) is 0.750. The average Bonchev–Trinajstić information content (AvgIpc) is 2.75. The first-order chi connectivity index (χ1) is 9.55. The zero-order valence-electron chi connectivity index (χ0n) is 11.9. The van der Waals surface area contributed by atoms with Crippen LogP contribution >= 0.6 is 15.9 Å². The van der Waals surface area contributed by atoms with Crippen LogP contribution < -0.4 is 16.0 Å². The highest BCUT2D eigenvalue weighted by Gasteiger charge is 2.17. The number of nitrogens with two attached hydrogens (primary N) is 1. The summed E-state index contributed by atoms with van der Waals surface area (Å²) >= 11 is 3.56. The molecule has 0 saturated heterocycles. The average molecular weight is 339 g/mol. The predicted molar refractivity (Wildman–Crippen MR) is 82.4 cm³/mol. The minimum Gasteiger partial charge on any atom is -0.497 e. The minimum atomic E-state index is -0.0192. The van der Waals surface area contributed by atoms with Crippen LogP contribution in [0.3, 0.4) is 0 Å². The lowest BCUT2D eigenvalue weighted by atomic mass is 10.0. The molecule has 0 bridgehead atoms. The van der Waals surface area contributed by atoms with Gasteiger partial charge in [0.2, 0.25) is 0 Å². The molecule has 3 N–H and O–H groups in total. The van der Waals surface area contributed by atoms with E-state index >= 15 is 0 Å². The van der Waals surface area contributed by atoms with Gasteiger partial charge in [0, 0.05) is 23.6 Å². The Hall–Kier alpha value is -1.37. The van der Waals surface area contributed by atoms with Crippen molar-refractivity contribution in [2.45, 2.75) is 19.4 Å². The molecular formula is C14H19BrN4O. The Morgan fingerprint density at radius 2 is 2.20 bits per heavy atom. The second-order valence-electron chi connectivity index (χ2n) is 4.71. The molecule has 0 aliphatic carbocycles. The van der Waals surface area contributed by atoms with Crippen LogP contribution in [0, 0.1) is 6.92 Å². The van der Waals surface area contributed by atoms with Crippen molar-refractivity contribution in [1.29, 1.82) is 0 Å². The molecule has 1 unspecified atom stereocenters. The van der Waals surface area contributed by atoms with E-state index in [4.69, 9.17) is 10.6 Å². The Morgan fingerprint density at radius 3 is 2.75 bits per heavy atom. The van der Waals surface area contributed by atoms with Crippen molar-refractivity contribution in [3.8, 4) is 5.75 Å². The molecule has 0 aliphatic rings. The van der Waals surface area contributed by atoms with Crippen LogP contribution in [0.5, 0.6) is 5.75 Å². The molecule has 20 heavy (non-hydrogen) atoms. The van der Waals surface area contributed by atoms with Gasteiger partial charge in [-0.3, -0.25) is 16.0 Å². The van der Waals surface area contributed by atoms with Gasteiger partial charge in [0.05, 0.1) is 18.8 Å². The maximum atomic E-state index is 5.73. The standard InChI is InChI=1S/C14H19BrN4O/c1-9-6-10(19(2)18-9)7-14(17-16)12-8-11(20-3)4-5-13(12)15/h4-6,8,14,17H,7,16H2,1-3H3. The van der Waals surface area contributed by atoms with E-state index < -0.39 is 0 Å². The van der Waals surface area contributed by atoms with Gasteiger partial charge in [0.25, 0.3) is 0 Å². The number of hydrogen-bond donors (Lipinski definition) is 2. The first-order valence-electron chi connectivity index (χ1n) is 6.34. The molecule has 5 nitrogen and oxygen atoms in total. The number of aromatic nitrogens is 2. The largest absolute Gasteiger partial charge is 0.497 e. The summed E-state index contributed by atoms with van der Waals surface area (Å²) in [5.74, 6) is 6.54. The van der Waals surface area contributed by atoms with Gasteiger partial charge in [0.1, 0.15) is 5.75 Å². The molecule has 0 amide bonds. The number of ether oxygens (including phenoxy) is 1. The first kappa shape index (κ1) is 15.0. The van der Waals surface area contributed by atoms with Gasteiger partial charge >= 0.3 is 0 Å². The lowest BCUT2D eigenvalue weighted by Gasteiger charge is -2.18. The molecule has 0 radical (unpaired) electrons. The van der Waals surface area contributed by atoms with Gasteiger partial charge in [-0.15, -0.1) is 0 Å². The van der Waals surface area contributed by atoms with E-state index in [0.717, 1.165) is 33.6 Å². The number of halogens is 1. The fourth-order valence-electron chi connectivity index (χ4n) is 2.24. The molecule has 1 aromatic carbocycles. The van der Waals surface area contributed by atoms with E-state index in [-0.39, 0.29) is 6.04 Å². The fraction of sp³-hybridized carbons (Fsp3) is 0.357. The number of benzene rings is 1. The van der Waals surface area contributed by atoms with Crippen LogP contribution in [0.25, 0.3) is 0 Å². The van der Waals surface area contributed by atoms with Gasteiger partial charge < -0.3 is 4.74 Å². The quantitative estimate of drug-likeness (QED) is 0.648. The summed E-state index contributed by atoms with van der Waals surface area (Å²) in [6, 6.07) is 7.91. The van der Waals surface area contributed by atoms with Crippen molar-refractivity contribution in [2.24, 2.45) is 12.9 Å². The van der Waals surface area contributed by atoms with Crippen LogP contribution in [0.15, 0.2) is 28.7 Å². The second-order valence-corrected chi connectivity index (χ2v) is 5.57. The van der Waals surface area contributed by atoms with Gasteiger partial charge in [-0.05, 0) is 36.8 Å². The van der Waals surface area contributed by atoms with Crippen molar-refractivity contribution in [3.05, 3.63) is 45.7 Å². The third-order valence-corrected chi connectivity index (χ3v) is 4.01. The minimum absolute atomic E-state index is 0.0192. The van der Waals surface area contributed by atoms with Crippen molar-refractivity contribution in [3.63, 3.8) is 0 Å². The molecule has 1 aromatic heterocycles. The van der Waals surface area contributed by atoms with E-state index in [2.05, 4.69) is 32.5 Å². The Labute approximate surface area is 127 Å². The number of methoxy groups -OCH3 is 1. The smallest absolute Gasteiger partial charge is 0.119 e. The van der Waals surface area contributed by atoms with Gasteiger partial charge in [-0.25, -0.2) is 0 Å². The molecule has 0 aliphatic heterocycles. The summed E-state index contributed by atoms with van der Waals surface area (Å²) in [7, 11) is 3.60. The third-order valence-electron chi connectivity index (χ3n) is 3.29. The lowest BCUT2D eigenvalue weighted by Crippen LogP contribution is -2.30. The number of hydrazine groups is 1. The molecular weight excluding hydrogens is 320 g/mol. The normalized spacial score (nSPS) is 12.4. The molecule has 0 fully saturated rings. The molecule has 0 saturated carbocycles. The number of aryl methyl sites for hydroxylation is 2. The van der Waals surface area contributed by atoms with E-state index in [9.17, 15) is 0 Å². The van der Waals surface area contributed by atoms with Crippen molar-refractivity contribution in [1.82, 2.24) is 15.2 Å².